The largest absolute Gasteiger partial charge is 0.493 e. The molecule has 4 rings (SSSR count). The molecule has 2 aromatic carbocycles. The Hall–Kier alpha value is -3.19. The molecule has 0 unspecified atom stereocenters. The quantitative estimate of drug-likeness (QED) is 0.357. The van der Waals surface area contributed by atoms with Crippen molar-refractivity contribution in [2.45, 2.75) is 19.0 Å². The van der Waals surface area contributed by atoms with Gasteiger partial charge in [-0.05, 0) is 63.2 Å². The Kier molecular flexibility index (Phi) is 9.49. The summed E-state index contributed by atoms with van der Waals surface area (Å²) in [6.07, 6.45) is -1.38. The molecule has 1 fully saturated rings. The highest BCUT2D eigenvalue weighted by molar-refractivity contribution is 9.10. The Morgan fingerprint density at radius 2 is 1.86 bits per heavy atom. The number of rotatable bonds is 6. The molecule has 0 radical (unpaired) electrons. The third-order valence-electron chi connectivity index (χ3n) is 5.66. The van der Waals surface area contributed by atoms with Gasteiger partial charge in [0.05, 0.1) is 24.9 Å². The molecular weight excluding hydrogens is 564 g/mol. The van der Waals surface area contributed by atoms with Crippen LogP contribution in [0.5, 0.6) is 11.5 Å². The number of nitrogens with zero attached hydrogens (tertiary/aromatic N) is 3. The van der Waals surface area contributed by atoms with Crippen molar-refractivity contribution in [3.8, 4) is 11.5 Å². The number of aliphatic carboxylic acids is 1. The van der Waals surface area contributed by atoms with E-state index in [4.69, 9.17) is 19.4 Å². The van der Waals surface area contributed by atoms with Crippen molar-refractivity contribution in [3.05, 3.63) is 46.9 Å². The van der Waals surface area contributed by atoms with E-state index in [0.717, 1.165) is 31.3 Å². The second-order valence-corrected chi connectivity index (χ2v) is 9.27. The average Bonchev–Trinajstić information content (AvgIpc) is 2.84. The molecule has 0 aliphatic carbocycles. The van der Waals surface area contributed by atoms with Crippen molar-refractivity contribution < 1.29 is 36.9 Å². The number of piperidine rings is 1. The molecule has 1 aromatic heterocycles. The van der Waals surface area contributed by atoms with Crippen molar-refractivity contribution in [3.63, 3.8) is 0 Å². The number of methoxy groups -OCH3 is 1. The van der Waals surface area contributed by atoms with Gasteiger partial charge in [0.2, 0.25) is 0 Å². The zero-order chi connectivity index (χ0) is 27.2. The van der Waals surface area contributed by atoms with Gasteiger partial charge in [-0.3, -0.25) is 0 Å². The van der Waals surface area contributed by atoms with Gasteiger partial charge in [-0.2, -0.15) is 13.2 Å². The van der Waals surface area contributed by atoms with Crippen LogP contribution in [0.25, 0.3) is 10.9 Å². The number of alkyl halides is 3. The number of hydrogen-bond donors (Lipinski definition) is 2. The molecule has 2 N–H and O–H groups in total. The van der Waals surface area contributed by atoms with E-state index in [2.05, 4.69) is 43.2 Å². The van der Waals surface area contributed by atoms with Crippen LogP contribution in [0.2, 0.25) is 0 Å². The van der Waals surface area contributed by atoms with E-state index >= 15 is 0 Å². The van der Waals surface area contributed by atoms with E-state index < -0.39 is 12.1 Å². The monoisotopic (exact) mass is 588 g/mol. The fourth-order valence-electron chi connectivity index (χ4n) is 3.59. The Balaban J connectivity index is 0.000000479. The average molecular weight is 589 g/mol. The molecule has 13 heteroatoms. The molecule has 3 aromatic rings. The summed E-state index contributed by atoms with van der Waals surface area (Å²) >= 11 is 3.27. The second kappa shape index (κ2) is 12.4. The van der Waals surface area contributed by atoms with Crippen molar-refractivity contribution in [1.29, 1.82) is 0 Å². The highest BCUT2D eigenvalue weighted by Crippen LogP contribution is 2.35. The number of ether oxygens (including phenoxy) is 2. The minimum Gasteiger partial charge on any atom is -0.493 e. The molecule has 0 bridgehead atoms. The number of carboxylic acids is 1. The molecule has 0 atom stereocenters. The van der Waals surface area contributed by atoms with Gasteiger partial charge in [-0.15, -0.1) is 0 Å². The van der Waals surface area contributed by atoms with Gasteiger partial charge in [-0.1, -0.05) is 15.9 Å². The smallest absolute Gasteiger partial charge is 0.490 e. The highest BCUT2D eigenvalue weighted by atomic mass is 79.9. The first kappa shape index (κ1) is 28.4. The van der Waals surface area contributed by atoms with Crippen molar-refractivity contribution in [2.24, 2.45) is 5.92 Å². The number of fused-ring (bicyclic) bond motifs is 1. The van der Waals surface area contributed by atoms with Crippen LogP contribution in [-0.2, 0) is 4.79 Å². The summed E-state index contributed by atoms with van der Waals surface area (Å²) in [5.41, 5.74) is 1.03. The third kappa shape index (κ3) is 7.89. The molecule has 200 valence electrons. The molecule has 0 spiro atoms. The van der Waals surface area contributed by atoms with Gasteiger partial charge >= 0.3 is 12.1 Å². The van der Waals surface area contributed by atoms with Gasteiger partial charge < -0.3 is 24.8 Å². The van der Waals surface area contributed by atoms with Crippen LogP contribution in [0.1, 0.15) is 12.8 Å². The van der Waals surface area contributed by atoms with Gasteiger partial charge in [0.1, 0.15) is 18.0 Å². The Morgan fingerprint density at radius 1 is 1.19 bits per heavy atom. The van der Waals surface area contributed by atoms with Crippen LogP contribution in [0.3, 0.4) is 0 Å². The van der Waals surface area contributed by atoms with Gasteiger partial charge in [0, 0.05) is 15.9 Å². The molecule has 1 aliphatic heterocycles. The maximum absolute atomic E-state index is 14.3. The molecule has 1 saturated heterocycles. The Morgan fingerprint density at radius 3 is 2.46 bits per heavy atom. The lowest BCUT2D eigenvalue weighted by Gasteiger charge is -2.28. The van der Waals surface area contributed by atoms with E-state index in [-0.39, 0.29) is 5.82 Å². The zero-order valence-electron chi connectivity index (χ0n) is 20.0. The predicted molar refractivity (Wildman–Crippen MR) is 133 cm³/mol. The molecule has 0 saturated carbocycles. The summed E-state index contributed by atoms with van der Waals surface area (Å²) in [4.78, 5) is 19.9. The first-order valence-corrected chi connectivity index (χ1v) is 11.9. The zero-order valence-corrected chi connectivity index (χ0v) is 21.6. The van der Waals surface area contributed by atoms with Crippen LogP contribution in [0.4, 0.5) is 29.1 Å². The molecule has 1 aliphatic rings. The molecule has 37 heavy (non-hydrogen) atoms. The number of likely N-dealkylation sites (tertiary alicyclic amines) is 1. The van der Waals surface area contributed by atoms with E-state index in [1.165, 1.54) is 12.4 Å². The number of halogens is 5. The maximum Gasteiger partial charge on any atom is 0.490 e. The lowest BCUT2D eigenvalue weighted by atomic mass is 9.98. The topological polar surface area (TPSA) is 96.8 Å². The Bertz CT molecular complexity index is 1240. The summed E-state index contributed by atoms with van der Waals surface area (Å²) in [5.74, 6) is -0.840. The summed E-state index contributed by atoms with van der Waals surface area (Å²) in [7, 11) is 3.75. The lowest BCUT2D eigenvalue weighted by molar-refractivity contribution is -0.192. The van der Waals surface area contributed by atoms with Gasteiger partial charge in [-0.25, -0.2) is 19.2 Å². The molecule has 8 nitrogen and oxygen atoms in total. The van der Waals surface area contributed by atoms with E-state index in [1.54, 1.807) is 19.2 Å². The molecule has 0 amide bonds. The Labute approximate surface area is 218 Å². The van der Waals surface area contributed by atoms with Crippen LogP contribution in [-0.4, -0.2) is 66.0 Å². The third-order valence-corrected chi connectivity index (χ3v) is 6.15. The number of anilines is 2. The van der Waals surface area contributed by atoms with Crippen LogP contribution in [0.15, 0.2) is 41.1 Å². The molecule has 2 heterocycles. The number of hydrogen-bond acceptors (Lipinski definition) is 7. The summed E-state index contributed by atoms with van der Waals surface area (Å²) < 4.78 is 58.3. The van der Waals surface area contributed by atoms with E-state index in [9.17, 15) is 17.6 Å². The number of benzene rings is 2. The predicted octanol–water partition coefficient (Wildman–Crippen LogP) is 5.64. The van der Waals surface area contributed by atoms with Gasteiger partial charge in [0.15, 0.2) is 11.5 Å². The SMILES string of the molecule is COc1cc2c(Nc3ccc(Br)cc3F)ncnc2cc1OCC1CCN(C)CC1.O=C(O)C(F)(F)F. The van der Waals surface area contributed by atoms with Crippen molar-refractivity contribution >= 4 is 44.3 Å². The van der Waals surface area contributed by atoms with E-state index in [0.29, 0.717) is 45.5 Å². The highest BCUT2D eigenvalue weighted by Gasteiger charge is 2.38. The van der Waals surface area contributed by atoms with Crippen LogP contribution < -0.4 is 14.8 Å². The maximum atomic E-state index is 14.3. The normalized spacial score (nSPS) is 14.6. The summed E-state index contributed by atoms with van der Waals surface area (Å²) in [6, 6.07) is 8.52. The first-order valence-electron chi connectivity index (χ1n) is 11.1. The number of aromatic nitrogens is 2. The summed E-state index contributed by atoms with van der Waals surface area (Å²) in [5, 5.41) is 10.9. The number of carboxylic acid groups (broad SMARTS) is 1. The standard InChI is InChI=1S/C22H24BrFN4O2.C2HF3O2/c1-28-7-5-14(6-8-28)12-30-21-11-19-16(10-20(21)29-2)22(26-13-25-19)27-18-4-3-15(23)9-17(18)24;3-2(4,5)1(6)7/h3-4,9-11,13-14H,5-8,12H2,1-2H3,(H,25,26,27);(H,6,7). The van der Waals surface area contributed by atoms with Crippen LogP contribution >= 0.6 is 15.9 Å². The van der Waals surface area contributed by atoms with Crippen molar-refractivity contribution in [1.82, 2.24) is 14.9 Å². The summed E-state index contributed by atoms with van der Waals surface area (Å²) in [6.45, 7) is 2.84. The minimum absolute atomic E-state index is 0.333. The minimum atomic E-state index is -5.08. The fourth-order valence-corrected chi connectivity index (χ4v) is 3.92. The number of carbonyl (C=O) groups is 1. The van der Waals surface area contributed by atoms with Crippen molar-refractivity contribution in [2.75, 3.05) is 39.2 Å². The van der Waals surface area contributed by atoms with Crippen LogP contribution in [0, 0.1) is 11.7 Å². The van der Waals surface area contributed by atoms with Gasteiger partial charge in [0.25, 0.3) is 0 Å². The fraction of sp³-hybridized carbons (Fsp3) is 0.375. The van der Waals surface area contributed by atoms with E-state index in [1.807, 2.05) is 12.1 Å². The second-order valence-electron chi connectivity index (χ2n) is 8.35. The first-order chi connectivity index (χ1) is 17.5. The lowest BCUT2D eigenvalue weighted by Crippen LogP contribution is -2.32. The molecular formula is C24H25BrF4N4O4. The number of nitrogens with one attached hydrogen (secondary N) is 1.